The SMILES string of the molecule is O=c1c(F)cn(C2CCCO2)c(=O)n1CC(O)c1ccc(F)cc1. The van der Waals surface area contributed by atoms with E-state index in [0.717, 1.165) is 29.3 Å². The van der Waals surface area contributed by atoms with Gasteiger partial charge in [-0.15, -0.1) is 0 Å². The maximum Gasteiger partial charge on any atom is 0.333 e. The number of ether oxygens (including phenoxy) is 1. The normalized spacial score (nSPS) is 18.7. The Morgan fingerprint density at radius 2 is 1.96 bits per heavy atom. The Balaban J connectivity index is 1.96. The van der Waals surface area contributed by atoms with Gasteiger partial charge in [-0.05, 0) is 30.5 Å². The van der Waals surface area contributed by atoms with Crippen molar-refractivity contribution in [2.45, 2.75) is 31.7 Å². The zero-order valence-corrected chi connectivity index (χ0v) is 12.7. The van der Waals surface area contributed by atoms with Crippen LogP contribution in [-0.4, -0.2) is 20.8 Å². The molecule has 1 aliphatic rings. The third kappa shape index (κ3) is 3.15. The summed E-state index contributed by atoms with van der Waals surface area (Å²) >= 11 is 0. The molecule has 2 aromatic rings. The van der Waals surface area contributed by atoms with Gasteiger partial charge in [0, 0.05) is 6.61 Å². The minimum atomic E-state index is -1.25. The molecule has 0 radical (unpaired) electrons. The maximum absolute atomic E-state index is 13.9. The van der Waals surface area contributed by atoms with Crippen LogP contribution < -0.4 is 11.2 Å². The molecular weight excluding hydrogens is 322 g/mol. The van der Waals surface area contributed by atoms with Gasteiger partial charge in [-0.3, -0.25) is 13.9 Å². The number of halogens is 2. The van der Waals surface area contributed by atoms with Crippen molar-refractivity contribution in [1.82, 2.24) is 9.13 Å². The first-order chi connectivity index (χ1) is 11.5. The highest BCUT2D eigenvalue weighted by molar-refractivity contribution is 5.18. The highest BCUT2D eigenvalue weighted by Crippen LogP contribution is 2.21. The van der Waals surface area contributed by atoms with E-state index in [9.17, 15) is 23.5 Å². The smallest absolute Gasteiger partial charge is 0.333 e. The van der Waals surface area contributed by atoms with Crippen molar-refractivity contribution in [1.29, 1.82) is 0 Å². The summed E-state index contributed by atoms with van der Waals surface area (Å²) in [5.41, 5.74) is -1.56. The van der Waals surface area contributed by atoms with Crippen LogP contribution in [0.3, 0.4) is 0 Å². The van der Waals surface area contributed by atoms with E-state index in [2.05, 4.69) is 0 Å². The summed E-state index contributed by atoms with van der Waals surface area (Å²) in [6, 6.07) is 4.97. The summed E-state index contributed by atoms with van der Waals surface area (Å²) in [5.74, 6) is -1.58. The van der Waals surface area contributed by atoms with Crippen molar-refractivity contribution < 1.29 is 18.6 Å². The van der Waals surface area contributed by atoms with Crippen molar-refractivity contribution in [2.75, 3.05) is 6.61 Å². The van der Waals surface area contributed by atoms with E-state index in [0.29, 0.717) is 23.2 Å². The number of aliphatic hydroxyl groups is 1. The zero-order valence-electron chi connectivity index (χ0n) is 12.7. The molecule has 1 N–H and O–H groups in total. The molecule has 1 aliphatic heterocycles. The van der Waals surface area contributed by atoms with E-state index in [1.54, 1.807) is 0 Å². The van der Waals surface area contributed by atoms with E-state index in [1.807, 2.05) is 0 Å². The number of rotatable bonds is 4. The van der Waals surface area contributed by atoms with Crippen LogP contribution in [0.15, 0.2) is 40.1 Å². The Kier molecular flexibility index (Phi) is 4.59. The van der Waals surface area contributed by atoms with Crippen molar-refractivity contribution in [3.8, 4) is 0 Å². The average molecular weight is 338 g/mol. The first-order valence-corrected chi connectivity index (χ1v) is 7.54. The molecule has 0 saturated carbocycles. The van der Waals surface area contributed by atoms with Gasteiger partial charge in [0.05, 0.1) is 18.8 Å². The Bertz CT molecular complexity index is 839. The Morgan fingerprint density at radius 1 is 1.25 bits per heavy atom. The minimum absolute atomic E-state index is 0.315. The lowest BCUT2D eigenvalue weighted by atomic mass is 10.1. The van der Waals surface area contributed by atoms with Crippen LogP contribution in [0, 0.1) is 11.6 Å². The monoisotopic (exact) mass is 338 g/mol. The number of benzene rings is 1. The molecule has 128 valence electrons. The topological polar surface area (TPSA) is 73.5 Å². The van der Waals surface area contributed by atoms with E-state index in [-0.39, 0.29) is 0 Å². The van der Waals surface area contributed by atoms with Crippen LogP contribution in [0.1, 0.15) is 30.7 Å². The van der Waals surface area contributed by atoms with Crippen LogP contribution in [-0.2, 0) is 11.3 Å². The van der Waals surface area contributed by atoms with Gasteiger partial charge in [-0.25, -0.2) is 9.18 Å². The third-order valence-electron chi connectivity index (χ3n) is 3.98. The van der Waals surface area contributed by atoms with Gasteiger partial charge in [0.25, 0.3) is 5.56 Å². The van der Waals surface area contributed by atoms with Crippen LogP contribution in [0.5, 0.6) is 0 Å². The molecule has 2 heterocycles. The number of hydrogen-bond acceptors (Lipinski definition) is 4. The molecule has 1 aromatic heterocycles. The molecule has 1 fully saturated rings. The summed E-state index contributed by atoms with van der Waals surface area (Å²) in [6.45, 7) is 0.0177. The Morgan fingerprint density at radius 3 is 2.58 bits per heavy atom. The summed E-state index contributed by atoms with van der Waals surface area (Å²) in [4.78, 5) is 24.4. The van der Waals surface area contributed by atoms with Crippen LogP contribution in [0.2, 0.25) is 0 Å². The summed E-state index contributed by atoms with van der Waals surface area (Å²) in [5, 5.41) is 10.2. The summed E-state index contributed by atoms with van der Waals surface area (Å²) in [7, 11) is 0. The summed E-state index contributed by atoms with van der Waals surface area (Å²) < 4.78 is 33.8. The van der Waals surface area contributed by atoms with Gasteiger partial charge in [0.15, 0.2) is 0 Å². The van der Waals surface area contributed by atoms with Gasteiger partial charge < -0.3 is 9.84 Å². The van der Waals surface area contributed by atoms with Crippen LogP contribution in [0.4, 0.5) is 8.78 Å². The molecule has 6 nitrogen and oxygen atoms in total. The zero-order chi connectivity index (χ0) is 17.3. The predicted octanol–water partition coefficient (Wildman–Crippen LogP) is 1.33. The van der Waals surface area contributed by atoms with Gasteiger partial charge in [-0.1, -0.05) is 12.1 Å². The molecule has 0 spiro atoms. The highest BCUT2D eigenvalue weighted by atomic mass is 19.1. The number of aliphatic hydroxyl groups excluding tert-OH is 1. The van der Waals surface area contributed by atoms with E-state index in [1.165, 1.54) is 12.1 Å². The molecule has 1 aromatic carbocycles. The average Bonchev–Trinajstić information content (AvgIpc) is 3.09. The molecule has 24 heavy (non-hydrogen) atoms. The molecule has 3 rings (SSSR count). The van der Waals surface area contributed by atoms with Gasteiger partial charge >= 0.3 is 5.69 Å². The second-order valence-corrected chi connectivity index (χ2v) is 5.62. The second-order valence-electron chi connectivity index (χ2n) is 5.62. The fourth-order valence-corrected chi connectivity index (χ4v) is 2.70. The van der Waals surface area contributed by atoms with E-state index < -0.39 is 41.8 Å². The number of aromatic nitrogens is 2. The lowest BCUT2D eigenvalue weighted by Gasteiger charge is -2.17. The molecule has 2 atom stereocenters. The van der Waals surface area contributed by atoms with Gasteiger partial charge in [-0.2, -0.15) is 4.39 Å². The first-order valence-electron chi connectivity index (χ1n) is 7.54. The third-order valence-corrected chi connectivity index (χ3v) is 3.98. The van der Waals surface area contributed by atoms with Gasteiger partial charge in [0.2, 0.25) is 5.82 Å². The number of nitrogens with zero attached hydrogens (tertiary/aromatic N) is 2. The molecule has 8 heteroatoms. The standard InChI is InChI=1S/C16H16F2N2O4/c17-11-5-3-10(4-6-11)13(21)9-20-15(22)12(18)8-19(16(20)23)14-2-1-7-24-14/h3-6,8,13-14,21H,1-2,7,9H2. The Labute approximate surface area is 135 Å². The van der Waals surface area contributed by atoms with E-state index >= 15 is 0 Å². The van der Waals surface area contributed by atoms with Crippen LogP contribution in [0.25, 0.3) is 0 Å². The molecule has 0 amide bonds. The molecule has 0 bridgehead atoms. The fraction of sp³-hybridized carbons (Fsp3) is 0.375. The van der Waals surface area contributed by atoms with Crippen molar-refractivity contribution in [3.05, 3.63) is 68.5 Å². The predicted molar refractivity (Wildman–Crippen MR) is 80.5 cm³/mol. The van der Waals surface area contributed by atoms with Crippen molar-refractivity contribution in [2.24, 2.45) is 0 Å². The lowest BCUT2D eigenvalue weighted by molar-refractivity contribution is 0.0491. The van der Waals surface area contributed by atoms with Crippen molar-refractivity contribution in [3.63, 3.8) is 0 Å². The van der Waals surface area contributed by atoms with Crippen LogP contribution >= 0.6 is 0 Å². The maximum atomic E-state index is 13.9. The second kappa shape index (κ2) is 6.66. The molecule has 1 saturated heterocycles. The highest BCUT2D eigenvalue weighted by Gasteiger charge is 2.23. The molecule has 0 aliphatic carbocycles. The lowest BCUT2D eigenvalue weighted by Crippen LogP contribution is -2.43. The van der Waals surface area contributed by atoms with Gasteiger partial charge in [0.1, 0.15) is 12.0 Å². The Hall–Kier alpha value is -2.32. The first kappa shape index (κ1) is 16.5. The quantitative estimate of drug-likeness (QED) is 0.913. The molecule has 2 unspecified atom stereocenters. The number of hydrogen-bond donors (Lipinski definition) is 1. The largest absolute Gasteiger partial charge is 0.387 e. The fourth-order valence-electron chi connectivity index (χ4n) is 2.70. The van der Waals surface area contributed by atoms with E-state index in [4.69, 9.17) is 4.74 Å². The van der Waals surface area contributed by atoms with Crippen molar-refractivity contribution >= 4 is 0 Å². The minimum Gasteiger partial charge on any atom is -0.387 e. The summed E-state index contributed by atoms with van der Waals surface area (Å²) in [6.07, 6.45) is 0.229. The molecular formula is C16H16F2N2O4.